The van der Waals surface area contributed by atoms with Crippen molar-refractivity contribution in [3.05, 3.63) is 151 Å². The van der Waals surface area contributed by atoms with E-state index in [2.05, 4.69) is 6.07 Å². The molecule has 0 heterocycles. The zero-order valence-corrected chi connectivity index (χ0v) is 22.7. The third-order valence-corrected chi connectivity index (χ3v) is 13.5. The van der Waals surface area contributed by atoms with Gasteiger partial charge in [0.1, 0.15) is 0 Å². The number of benzene rings is 5. The lowest BCUT2D eigenvalue weighted by Gasteiger charge is -2.41. The van der Waals surface area contributed by atoms with Crippen LogP contribution in [0.25, 0.3) is 0 Å². The van der Waals surface area contributed by atoms with Crippen LogP contribution < -0.4 is 25.7 Å². The van der Waals surface area contributed by atoms with Crippen LogP contribution in [0.4, 0.5) is 5.69 Å². The van der Waals surface area contributed by atoms with Gasteiger partial charge >= 0.3 is 0 Å². The van der Waals surface area contributed by atoms with Crippen LogP contribution in [0, 0.1) is 13.8 Å². The maximum atomic E-state index is 15.9. The largest absolute Gasteiger partial charge is 0.289 e. The van der Waals surface area contributed by atoms with Crippen LogP contribution in [0.15, 0.2) is 140 Å². The predicted molar refractivity (Wildman–Crippen MR) is 158 cm³/mol. The summed E-state index contributed by atoms with van der Waals surface area (Å²) in [5.74, 6) is 0. The molecule has 5 rings (SSSR count). The van der Waals surface area contributed by atoms with Gasteiger partial charge in [-0.05, 0) is 74.0 Å². The van der Waals surface area contributed by atoms with Gasteiger partial charge in [0.2, 0.25) is 14.6 Å². The summed E-state index contributed by atoms with van der Waals surface area (Å²) < 4.78 is 33.6. The van der Waals surface area contributed by atoms with Gasteiger partial charge in [0.05, 0.1) is 5.69 Å². The third kappa shape index (κ3) is 4.51. The molecule has 0 atom stereocenters. The second-order valence-electron chi connectivity index (χ2n) is 9.07. The Morgan fingerprint density at radius 2 is 0.784 bits per heavy atom. The summed E-state index contributed by atoms with van der Waals surface area (Å²) >= 11 is 0. The molecule has 0 saturated carbocycles. The molecule has 0 fully saturated rings. The van der Waals surface area contributed by atoms with Crippen molar-refractivity contribution in [1.29, 1.82) is 0 Å². The van der Waals surface area contributed by atoms with Crippen LogP contribution in [0.1, 0.15) is 11.1 Å². The van der Waals surface area contributed by atoms with E-state index in [9.17, 15) is 0 Å². The Morgan fingerprint density at radius 1 is 0.459 bits per heavy atom. The number of rotatable bonds is 7. The minimum absolute atomic E-state index is 0.633. The first-order valence-corrected chi connectivity index (χ1v) is 15.6. The Morgan fingerprint density at radius 3 is 1.08 bits per heavy atom. The Bertz CT molecular complexity index is 1400. The van der Waals surface area contributed by atoms with Crippen LogP contribution in [-0.2, 0) is 9.13 Å². The molecule has 0 spiro atoms. The quantitative estimate of drug-likeness (QED) is 0.217. The van der Waals surface area contributed by atoms with Gasteiger partial charge in [-0.2, -0.15) is 0 Å². The molecule has 5 heteroatoms. The monoisotopic (exact) mass is 521 g/mol. The number of hydrogen-bond donors (Lipinski definition) is 0. The van der Waals surface area contributed by atoms with Gasteiger partial charge in [-0.1, -0.05) is 90.5 Å². The molecule has 0 bridgehead atoms. The van der Waals surface area contributed by atoms with Crippen molar-refractivity contribution in [1.82, 2.24) is 0 Å². The standard InChI is InChI=1S/C32H29NO2P2/c1-26-23-24-32(27(2)25-26)33(36(34,28-15-7-3-8-16-28)29-17-9-4-10-18-29)37(35,30-19-11-5-12-20-30)31-21-13-6-14-22-31/h3-25H,1-2H3. The summed E-state index contributed by atoms with van der Waals surface area (Å²) in [6, 6.07) is 43.8. The highest BCUT2D eigenvalue weighted by atomic mass is 31.2. The smallest absolute Gasteiger partial charge is 0.235 e. The molecule has 0 aliphatic heterocycles. The van der Waals surface area contributed by atoms with E-state index in [1.165, 1.54) is 0 Å². The summed E-state index contributed by atoms with van der Waals surface area (Å²) in [7, 11) is -7.36. The summed E-state index contributed by atoms with van der Waals surface area (Å²) in [6.07, 6.45) is 0. The number of hydrogen-bond acceptors (Lipinski definition) is 2. The molecule has 0 aliphatic rings. The average molecular weight is 522 g/mol. The fourth-order valence-corrected chi connectivity index (χ4v) is 12.3. The minimum Gasteiger partial charge on any atom is -0.289 e. The van der Waals surface area contributed by atoms with E-state index in [-0.39, 0.29) is 0 Å². The van der Waals surface area contributed by atoms with Crippen molar-refractivity contribution in [3.8, 4) is 0 Å². The van der Waals surface area contributed by atoms with Crippen molar-refractivity contribution in [2.75, 3.05) is 4.44 Å². The fraction of sp³-hybridized carbons (Fsp3) is 0.0625. The number of anilines is 1. The lowest BCUT2D eigenvalue weighted by Crippen LogP contribution is -2.37. The zero-order chi connectivity index (χ0) is 25.9. The van der Waals surface area contributed by atoms with Crippen LogP contribution in [0.3, 0.4) is 0 Å². The van der Waals surface area contributed by atoms with E-state index >= 15 is 9.13 Å². The van der Waals surface area contributed by atoms with Crippen molar-refractivity contribution in [2.24, 2.45) is 0 Å². The lowest BCUT2D eigenvalue weighted by atomic mass is 10.1. The van der Waals surface area contributed by atoms with Crippen molar-refractivity contribution >= 4 is 41.5 Å². The van der Waals surface area contributed by atoms with Gasteiger partial charge < -0.3 is 0 Å². The van der Waals surface area contributed by atoms with Crippen molar-refractivity contribution < 1.29 is 9.13 Å². The van der Waals surface area contributed by atoms with Crippen molar-refractivity contribution in [2.45, 2.75) is 13.8 Å². The molecular weight excluding hydrogens is 492 g/mol. The molecule has 184 valence electrons. The second-order valence-corrected chi connectivity index (χ2v) is 14.6. The first-order chi connectivity index (χ1) is 18.0. The van der Waals surface area contributed by atoms with Gasteiger partial charge in [-0.25, -0.2) is 0 Å². The highest BCUT2D eigenvalue weighted by Crippen LogP contribution is 2.66. The van der Waals surface area contributed by atoms with Gasteiger partial charge in [0.15, 0.2) is 0 Å². The summed E-state index contributed by atoms with van der Waals surface area (Å²) in [6.45, 7) is 4.03. The molecule has 37 heavy (non-hydrogen) atoms. The molecule has 0 saturated heterocycles. The minimum atomic E-state index is -3.68. The normalized spacial score (nSPS) is 11.7. The first-order valence-electron chi connectivity index (χ1n) is 12.3. The van der Waals surface area contributed by atoms with Gasteiger partial charge in [-0.15, -0.1) is 0 Å². The van der Waals surface area contributed by atoms with E-state index in [0.29, 0.717) is 26.9 Å². The Kier molecular flexibility index (Phi) is 7.02. The van der Waals surface area contributed by atoms with Crippen LogP contribution in [0.5, 0.6) is 0 Å². The maximum Gasteiger partial charge on any atom is 0.235 e. The first kappa shape index (κ1) is 25.0. The Labute approximate surface area is 219 Å². The van der Waals surface area contributed by atoms with E-state index in [4.69, 9.17) is 0 Å². The summed E-state index contributed by atoms with van der Waals surface area (Å²) in [5, 5.41) is 2.53. The fourth-order valence-electron chi connectivity index (χ4n) is 4.77. The van der Waals surface area contributed by atoms with E-state index in [1.807, 2.05) is 147 Å². The van der Waals surface area contributed by atoms with Crippen molar-refractivity contribution in [3.63, 3.8) is 0 Å². The molecule has 3 nitrogen and oxygen atoms in total. The molecule has 0 amide bonds. The topological polar surface area (TPSA) is 37.4 Å². The van der Waals surface area contributed by atoms with E-state index < -0.39 is 14.6 Å². The Hall–Kier alpha value is -3.64. The average Bonchev–Trinajstić information content (AvgIpc) is 2.96. The van der Waals surface area contributed by atoms with Gasteiger partial charge in [0.25, 0.3) is 0 Å². The van der Waals surface area contributed by atoms with E-state index in [1.54, 1.807) is 4.44 Å². The molecule has 5 aromatic carbocycles. The number of nitrogens with zero attached hydrogens (tertiary/aromatic N) is 1. The van der Waals surface area contributed by atoms with E-state index in [0.717, 1.165) is 11.1 Å². The van der Waals surface area contributed by atoms with Crippen LogP contribution >= 0.6 is 14.6 Å². The Balaban J connectivity index is 1.96. The van der Waals surface area contributed by atoms with Gasteiger partial charge in [-0.3, -0.25) is 13.6 Å². The van der Waals surface area contributed by atoms with Crippen LogP contribution in [-0.4, -0.2) is 0 Å². The zero-order valence-electron chi connectivity index (χ0n) is 20.9. The molecule has 0 unspecified atom stereocenters. The maximum absolute atomic E-state index is 15.9. The highest BCUT2D eigenvalue weighted by molar-refractivity contribution is 7.96. The predicted octanol–water partition coefficient (Wildman–Crippen LogP) is 6.97. The number of aryl methyl sites for hydroxylation is 2. The highest BCUT2D eigenvalue weighted by Gasteiger charge is 2.47. The summed E-state index contributed by atoms with van der Waals surface area (Å²) in [4.78, 5) is 0. The molecule has 0 radical (unpaired) electrons. The third-order valence-electron chi connectivity index (χ3n) is 6.53. The summed E-state index contributed by atoms with van der Waals surface area (Å²) in [5.41, 5.74) is 2.70. The molecule has 5 aromatic rings. The molecule has 0 aromatic heterocycles. The van der Waals surface area contributed by atoms with Gasteiger partial charge in [0, 0.05) is 21.2 Å². The SMILES string of the molecule is Cc1ccc(N(P(=O)(c2ccccc2)c2ccccc2)P(=O)(c2ccccc2)c2ccccc2)c(C)c1. The molecule has 0 N–H and O–H groups in total. The molecular formula is C32H29NO2P2. The second kappa shape index (κ2) is 10.4. The van der Waals surface area contributed by atoms with Crippen LogP contribution in [0.2, 0.25) is 0 Å². The lowest BCUT2D eigenvalue weighted by molar-refractivity contribution is 0.579. The molecule has 0 aliphatic carbocycles.